The van der Waals surface area contributed by atoms with Gasteiger partial charge in [0.15, 0.2) is 6.61 Å². The van der Waals surface area contributed by atoms with E-state index in [0.29, 0.717) is 24.4 Å². The van der Waals surface area contributed by atoms with E-state index in [0.717, 1.165) is 18.7 Å². The van der Waals surface area contributed by atoms with E-state index >= 15 is 0 Å². The van der Waals surface area contributed by atoms with Crippen molar-refractivity contribution in [2.45, 2.75) is 39.8 Å². The quantitative estimate of drug-likeness (QED) is 0.842. The number of hydrogen-bond donors (Lipinski definition) is 1. The van der Waals surface area contributed by atoms with Crippen LogP contribution in [0.4, 0.5) is 0 Å². The first-order chi connectivity index (χ1) is 9.72. The Morgan fingerprint density at radius 1 is 1.15 bits per heavy atom. The molecule has 0 aliphatic rings. The third-order valence-corrected chi connectivity index (χ3v) is 3.06. The fourth-order valence-electron chi connectivity index (χ4n) is 1.91. The largest absolute Gasteiger partial charge is 0.484 e. The molecule has 2 aromatic rings. The molecule has 1 N–H and O–H groups in total. The maximum Gasteiger partial charge on any atom is 0.253 e. The average molecular weight is 275 g/mol. The summed E-state index contributed by atoms with van der Waals surface area (Å²) >= 11 is 0. The summed E-state index contributed by atoms with van der Waals surface area (Å²) in [5.74, 6) is 1.94. The highest BCUT2D eigenvalue weighted by molar-refractivity contribution is 5.28. The molecule has 1 atom stereocenters. The molecule has 5 nitrogen and oxygen atoms in total. The van der Waals surface area contributed by atoms with Crippen LogP contribution in [0.5, 0.6) is 5.75 Å². The van der Waals surface area contributed by atoms with Crippen LogP contribution in [0.15, 0.2) is 28.7 Å². The molecule has 5 heteroatoms. The fraction of sp³-hybridized carbons (Fsp3) is 0.467. The van der Waals surface area contributed by atoms with Gasteiger partial charge >= 0.3 is 0 Å². The van der Waals surface area contributed by atoms with Gasteiger partial charge in [0.2, 0.25) is 5.89 Å². The second-order valence-electron chi connectivity index (χ2n) is 4.58. The van der Waals surface area contributed by atoms with Crippen molar-refractivity contribution in [1.29, 1.82) is 0 Å². The minimum absolute atomic E-state index is 0.301. The van der Waals surface area contributed by atoms with E-state index in [2.05, 4.69) is 41.5 Å². The van der Waals surface area contributed by atoms with Gasteiger partial charge in [-0.05, 0) is 31.2 Å². The molecule has 0 fully saturated rings. The van der Waals surface area contributed by atoms with Gasteiger partial charge in [-0.3, -0.25) is 0 Å². The van der Waals surface area contributed by atoms with Gasteiger partial charge in [0.1, 0.15) is 5.75 Å². The Hall–Kier alpha value is -1.88. The predicted molar refractivity (Wildman–Crippen MR) is 76.5 cm³/mol. The lowest BCUT2D eigenvalue weighted by molar-refractivity contribution is 0.259. The number of hydrogen-bond acceptors (Lipinski definition) is 5. The molecule has 2 rings (SSSR count). The normalized spacial score (nSPS) is 12.3. The first-order valence-electron chi connectivity index (χ1n) is 7.00. The summed E-state index contributed by atoms with van der Waals surface area (Å²) in [5, 5.41) is 11.2. The summed E-state index contributed by atoms with van der Waals surface area (Å²) in [4.78, 5) is 0. The zero-order valence-corrected chi connectivity index (χ0v) is 12.2. The van der Waals surface area contributed by atoms with Gasteiger partial charge in [-0.15, -0.1) is 10.2 Å². The van der Waals surface area contributed by atoms with Crippen LogP contribution in [-0.2, 0) is 13.0 Å². The topological polar surface area (TPSA) is 60.2 Å². The first-order valence-corrected chi connectivity index (χ1v) is 7.00. The van der Waals surface area contributed by atoms with Gasteiger partial charge in [0, 0.05) is 12.5 Å². The van der Waals surface area contributed by atoms with E-state index in [1.165, 1.54) is 5.56 Å². The van der Waals surface area contributed by atoms with Gasteiger partial charge in [-0.2, -0.15) is 0 Å². The molecule has 20 heavy (non-hydrogen) atoms. The lowest BCUT2D eigenvalue weighted by atomic mass is 10.1. The Labute approximate surface area is 119 Å². The van der Waals surface area contributed by atoms with E-state index in [-0.39, 0.29) is 0 Å². The van der Waals surface area contributed by atoms with Crippen molar-refractivity contribution in [2.75, 3.05) is 6.54 Å². The van der Waals surface area contributed by atoms with Crippen molar-refractivity contribution in [3.8, 4) is 5.75 Å². The van der Waals surface area contributed by atoms with E-state index in [4.69, 9.17) is 9.15 Å². The van der Waals surface area contributed by atoms with Gasteiger partial charge < -0.3 is 14.5 Å². The maximum atomic E-state index is 5.63. The molecule has 0 radical (unpaired) electrons. The zero-order valence-electron chi connectivity index (χ0n) is 12.2. The van der Waals surface area contributed by atoms with Crippen LogP contribution < -0.4 is 10.1 Å². The monoisotopic (exact) mass is 275 g/mol. The molecule has 0 saturated carbocycles. The van der Waals surface area contributed by atoms with Crippen LogP contribution in [0, 0.1) is 0 Å². The van der Waals surface area contributed by atoms with Crippen LogP contribution in [0.2, 0.25) is 0 Å². The van der Waals surface area contributed by atoms with Crippen molar-refractivity contribution in [3.63, 3.8) is 0 Å². The predicted octanol–water partition coefficient (Wildman–Crippen LogP) is 2.88. The summed E-state index contributed by atoms with van der Waals surface area (Å²) in [6.45, 7) is 7.47. The number of nitrogens with one attached hydrogen (secondary N) is 1. The lowest BCUT2D eigenvalue weighted by Gasteiger charge is -2.13. The summed E-state index contributed by atoms with van der Waals surface area (Å²) in [5.41, 5.74) is 1.24. The molecule has 0 aliphatic heterocycles. The van der Waals surface area contributed by atoms with Crippen molar-refractivity contribution in [1.82, 2.24) is 15.5 Å². The Morgan fingerprint density at radius 3 is 2.45 bits per heavy atom. The molecule has 0 amide bonds. The van der Waals surface area contributed by atoms with Crippen molar-refractivity contribution < 1.29 is 9.15 Å². The van der Waals surface area contributed by atoms with Crippen molar-refractivity contribution in [3.05, 3.63) is 41.6 Å². The molecule has 0 bridgehead atoms. The Kier molecular flexibility index (Phi) is 5.12. The Morgan fingerprint density at radius 2 is 1.85 bits per heavy atom. The number of rotatable bonds is 7. The first kappa shape index (κ1) is 14.5. The standard InChI is InChI=1S/C15H21N3O2/c1-4-14-17-18-15(20-14)10-19-13-8-6-12(7-9-13)11(3)16-5-2/h6-9,11,16H,4-5,10H2,1-3H3. The minimum Gasteiger partial charge on any atom is -0.484 e. The average Bonchev–Trinajstić information content (AvgIpc) is 2.94. The zero-order chi connectivity index (χ0) is 14.4. The maximum absolute atomic E-state index is 5.63. The van der Waals surface area contributed by atoms with Crippen LogP contribution in [-0.4, -0.2) is 16.7 Å². The SMILES string of the molecule is CCNC(C)c1ccc(OCc2nnc(CC)o2)cc1. The highest BCUT2D eigenvalue weighted by atomic mass is 16.5. The summed E-state index contributed by atoms with van der Waals surface area (Å²) in [7, 11) is 0. The van der Waals surface area contributed by atoms with Gasteiger partial charge in [-0.1, -0.05) is 26.0 Å². The fourth-order valence-corrected chi connectivity index (χ4v) is 1.91. The molecule has 0 aliphatic carbocycles. The highest BCUT2D eigenvalue weighted by Crippen LogP contribution is 2.18. The number of benzene rings is 1. The van der Waals surface area contributed by atoms with Crippen LogP contribution in [0.25, 0.3) is 0 Å². The number of aryl methyl sites for hydroxylation is 1. The van der Waals surface area contributed by atoms with Crippen molar-refractivity contribution in [2.24, 2.45) is 0 Å². The molecule has 1 aromatic heterocycles. The van der Waals surface area contributed by atoms with E-state index in [1.807, 2.05) is 19.1 Å². The summed E-state index contributed by atoms with van der Waals surface area (Å²) < 4.78 is 11.0. The minimum atomic E-state index is 0.301. The Bertz CT molecular complexity index is 522. The van der Waals surface area contributed by atoms with E-state index in [9.17, 15) is 0 Å². The van der Waals surface area contributed by atoms with Crippen LogP contribution >= 0.6 is 0 Å². The Balaban J connectivity index is 1.90. The van der Waals surface area contributed by atoms with Gasteiger partial charge in [0.05, 0.1) is 0 Å². The number of ether oxygens (including phenoxy) is 1. The second-order valence-corrected chi connectivity index (χ2v) is 4.58. The summed E-state index contributed by atoms with van der Waals surface area (Å²) in [6, 6.07) is 8.39. The van der Waals surface area contributed by atoms with Crippen LogP contribution in [0.1, 0.15) is 44.2 Å². The molecule has 0 spiro atoms. The molecule has 0 saturated heterocycles. The molecular formula is C15H21N3O2. The second kappa shape index (κ2) is 7.05. The molecular weight excluding hydrogens is 254 g/mol. The molecule has 1 aromatic carbocycles. The van der Waals surface area contributed by atoms with E-state index < -0.39 is 0 Å². The number of nitrogens with zero attached hydrogens (tertiary/aromatic N) is 2. The third kappa shape index (κ3) is 3.81. The summed E-state index contributed by atoms with van der Waals surface area (Å²) in [6.07, 6.45) is 0.740. The highest BCUT2D eigenvalue weighted by Gasteiger charge is 2.06. The van der Waals surface area contributed by atoms with E-state index in [1.54, 1.807) is 0 Å². The molecule has 1 heterocycles. The van der Waals surface area contributed by atoms with Gasteiger partial charge in [0.25, 0.3) is 5.89 Å². The molecule has 108 valence electrons. The number of aromatic nitrogens is 2. The smallest absolute Gasteiger partial charge is 0.253 e. The van der Waals surface area contributed by atoms with Gasteiger partial charge in [-0.25, -0.2) is 0 Å². The van der Waals surface area contributed by atoms with Crippen LogP contribution in [0.3, 0.4) is 0 Å². The third-order valence-electron chi connectivity index (χ3n) is 3.06. The lowest BCUT2D eigenvalue weighted by Crippen LogP contribution is -2.17. The van der Waals surface area contributed by atoms with Crippen molar-refractivity contribution >= 4 is 0 Å². The molecule has 1 unspecified atom stereocenters.